The SMILES string of the molecule is CCCCOC(=O)[C@H](C)NP(=O)(OC[C@H]1O[C@@H](n2ccc(=O)[nH]c2=O)[C@](C)(Cl)[C@@H]1O)Oc1ccccc1. The Kier molecular flexibility index (Phi) is 9.74. The maximum atomic E-state index is 13.7. The first-order chi connectivity index (χ1) is 17.5. The van der Waals surface area contributed by atoms with E-state index in [0.29, 0.717) is 6.42 Å². The van der Waals surface area contributed by atoms with Gasteiger partial charge in [0.2, 0.25) is 0 Å². The molecule has 1 fully saturated rings. The third-order valence-corrected chi connectivity index (χ3v) is 7.70. The Morgan fingerprint density at radius 1 is 1.32 bits per heavy atom. The van der Waals surface area contributed by atoms with Gasteiger partial charge < -0.3 is 19.1 Å². The second-order valence-corrected chi connectivity index (χ2v) is 11.2. The number of carbonyl (C=O) groups is 1. The zero-order valence-electron chi connectivity index (χ0n) is 20.7. The summed E-state index contributed by atoms with van der Waals surface area (Å²) >= 11 is 6.53. The van der Waals surface area contributed by atoms with Crippen molar-refractivity contribution in [1.29, 1.82) is 0 Å². The Morgan fingerprint density at radius 2 is 2.03 bits per heavy atom. The van der Waals surface area contributed by atoms with Crippen molar-refractivity contribution in [2.24, 2.45) is 0 Å². The lowest BCUT2D eigenvalue weighted by molar-refractivity contribution is -0.145. The molecule has 6 atom stereocenters. The zero-order valence-corrected chi connectivity index (χ0v) is 22.3. The van der Waals surface area contributed by atoms with E-state index in [1.165, 1.54) is 20.0 Å². The van der Waals surface area contributed by atoms with E-state index in [0.717, 1.165) is 17.1 Å². The molecule has 2 heterocycles. The van der Waals surface area contributed by atoms with Crippen molar-refractivity contribution in [2.45, 2.75) is 63.0 Å². The second-order valence-electron chi connectivity index (χ2n) is 8.71. The number of para-hydroxylation sites is 1. The average molecular weight is 560 g/mol. The molecular weight excluding hydrogens is 529 g/mol. The molecule has 3 N–H and O–H groups in total. The van der Waals surface area contributed by atoms with E-state index in [9.17, 15) is 24.1 Å². The molecule has 3 rings (SSSR count). The molecule has 204 valence electrons. The molecule has 0 saturated carbocycles. The normalized spacial score (nSPS) is 25.8. The Morgan fingerprint density at radius 3 is 2.68 bits per heavy atom. The Balaban J connectivity index is 1.77. The number of hydrogen-bond acceptors (Lipinski definition) is 9. The summed E-state index contributed by atoms with van der Waals surface area (Å²) in [5.74, 6) is -0.436. The van der Waals surface area contributed by atoms with Crippen LogP contribution in [0.1, 0.15) is 39.8 Å². The van der Waals surface area contributed by atoms with E-state index in [1.54, 1.807) is 30.3 Å². The van der Waals surface area contributed by atoms with Gasteiger partial charge in [-0.05, 0) is 32.4 Å². The van der Waals surface area contributed by atoms with Crippen LogP contribution in [0.25, 0.3) is 0 Å². The molecule has 0 radical (unpaired) electrons. The van der Waals surface area contributed by atoms with E-state index in [4.69, 9.17) is 30.1 Å². The van der Waals surface area contributed by atoms with Gasteiger partial charge in [0.05, 0.1) is 13.2 Å². The van der Waals surface area contributed by atoms with Gasteiger partial charge in [0.15, 0.2) is 6.23 Å². The first-order valence-corrected chi connectivity index (χ1v) is 13.7. The quantitative estimate of drug-likeness (QED) is 0.152. The van der Waals surface area contributed by atoms with Crippen LogP contribution in [0.3, 0.4) is 0 Å². The number of aromatic nitrogens is 2. The number of nitrogens with zero attached hydrogens (tertiary/aromatic N) is 1. The van der Waals surface area contributed by atoms with Crippen LogP contribution in [0.15, 0.2) is 52.2 Å². The molecule has 14 heteroatoms. The number of alkyl halides is 1. The van der Waals surface area contributed by atoms with Gasteiger partial charge in [-0.15, -0.1) is 11.6 Å². The van der Waals surface area contributed by atoms with Crippen molar-refractivity contribution in [3.8, 4) is 5.75 Å². The lowest BCUT2D eigenvalue weighted by Gasteiger charge is -2.26. The van der Waals surface area contributed by atoms with E-state index in [1.807, 2.05) is 6.92 Å². The van der Waals surface area contributed by atoms with Crippen molar-refractivity contribution >= 4 is 25.3 Å². The van der Waals surface area contributed by atoms with Crippen LogP contribution in [0.2, 0.25) is 0 Å². The summed E-state index contributed by atoms with van der Waals surface area (Å²) in [6.07, 6.45) is -0.993. The Hall–Kier alpha value is -2.47. The number of aromatic amines is 1. The topological polar surface area (TPSA) is 158 Å². The molecule has 1 aromatic carbocycles. The molecule has 1 aliphatic rings. The Labute approximate surface area is 218 Å². The molecule has 12 nitrogen and oxygen atoms in total. The summed E-state index contributed by atoms with van der Waals surface area (Å²) in [5.41, 5.74) is -1.39. The fourth-order valence-electron chi connectivity index (χ4n) is 3.58. The highest BCUT2D eigenvalue weighted by atomic mass is 35.5. The number of esters is 1. The molecule has 0 spiro atoms. The van der Waals surface area contributed by atoms with Gasteiger partial charge in [0.25, 0.3) is 5.56 Å². The van der Waals surface area contributed by atoms with Crippen LogP contribution in [0.5, 0.6) is 5.75 Å². The monoisotopic (exact) mass is 559 g/mol. The summed E-state index contributed by atoms with van der Waals surface area (Å²) in [4.78, 5) is 36.6. The van der Waals surface area contributed by atoms with Crippen LogP contribution in [-0.4, -0.2) is 57.0 Å². The lowest BCUT2D eigenvalue weighted by Crippen LogP contribution is -2.43. The lowest BCUT2D eigenvalue weighted by atomic mass is 10.0. The van der Waals surface area contributed by atoms with Crippen LogP contribution >= 0.6 is 19.3 Å². The van der Waals surface area contributed by atoms with Gasteiger partial charge >= 0.3 is 19.4 Å². The second kappa shape index (κ2) is 12.4. The molecule has 0 amide bonds. The van der Waals surface area contributed by atoms with Gasteiger partial charge in [-0.2, -0.15) is 5.09 Å². The minimum Gasteiger partial charge on any atom is -0.465 e. The molecular formula is C23H31ClN3O9P. The summed E-state index contributed by atoms with van der Waals surface area (Å²) < 4.78 is 36.8. The smallest absolute Gasteiger partial charge is 0.459 e. The molecule has 1 aliphatic heterocycles. The van der Waals surface area contributed by atoms with Gasteiger partial charge in [-0.3, -0.25) is 23.7 Å². The van der Waals surface area contributed by atoms with Crippen molar-refractivity contribution in [3.63, 3.8) is 0 Å². The van der Waals surface area contributed by atoms with Crippen molar-refractivity contribution in [3.05, 3.63) is 63.4 Å². The number of benzene rings is 1. The number of nitrogens with one attached hydrogen (secondary N) is 2. The fourth-order valence-corrected chi connectivity index (χ4v) is 5.38. The van der Waals surface area contributed by atoms with Crippen molar-refractivity contribution in [1.82, 2.24) is 14.6 Å². The van der Waals surface area contributed by atoms with Crippen LogP contribution in [0.4, 0.5) is 0 Å². The first kappa shape index (κ1) is 29.1. The largest absolute Gasteiger partial charge is 0.465 e. The third kappa shape index (κ3) is 7.31. The minimum atomic E-state index is -4.22. The summed E-state index contributed by atoms with van der Waals surface area (Å²) in [7, 11) is -4.22. The maximum Gasteiger partial charge on any atom is 0.459 e. The zero-order chi connectivity index (χ0) is 27.2. The molecule has 2 aromatic rings. The van der Waals surface area contributed by atoms with Gasteiger partial charge in [0, 0.05) is 12.3 Å². The minimum absolute atomic E-state index is 0.206. The summed E-state index contributed by atoms with van der Waals surface area (Å²) in [6, 6.07) is 8.24. The number of ether oxygens (including phenoxy) is 2. The highest BCUT2D eigenvalue weighted by Gasteiger charge is 2.54. The number of rotatable bonds is 12. The number of hydrogen-bond donors (Lipinski definition) is 3. The maximum absolute atomic E-state index is 13.7. The molecule has 1 saturated heterocycles. The van der Waals surface area contributed by atoms with Crippen molar-refractivity contribution in [2.75, 3.05) is 13.2 Å². The van der Waals surface area contributed by atoms with Crippen molar-refractivity contribution < 1.29 is 33.0 Å². The Bertz CT molecular complexity index is 1220. The molecule has 0 bridgehead atoms. The first-order valence-electron chi connectivity index (χ1n) is 11.7. The fraction of sp³-hybridized carbons (Fsp3) is 0.522. The van der Waals surface area contributed by atoms with E-state index >= 15 is 0 Å². The predicted molar refractivity (Wildman–Crippen MR) is 135 cm³/mol. The van der Waals surface area contributed by atoms with Crippen LogP contribution < -0.4 is 20.9 Å². The highest BCUT2D eigenvalue weighted by Crippen LogP contribution is 2.48. The van der Waals surface area contributed by atoms with E-state index < -0.39 is 60.9 Å². The van der Waals surface area contributed by atoms with Crippen LogP contribution in [-0.2, 0) is 23.4 Å². The van der Waals surface area contributed by atoms with E-state index in [-0.39, 0.29) is 12.4 Å². The molecule has 37 heavy (non-hydrogen) atoms. The highest BCUT2D eigenvalue weighted by molar-refractivity contribution is 7.52. The molecule has 0 aliphatic carbocycles. The number of carbonyl (C=O) groups excluding carboxylic acids is 1. The predicted octanol–water partition coefficient (Wildman–Crippen LogP) is 2.32. The summed E-state index contributed by atoms with van der Waals surface area (Å²) in [5, 5.41) is 13.4. The van der Waals surface area contributed by atoms with E-state index in [2.05, 4.69) is 10.1 Å². The number of aliphatic hydroxyl groups excluding tert-OH is 1. The molecule has 1 aromatic heterocycles. The van der Waals surface area contributed by atoms with Gasteiger partial charge in [0.1, 0.15) is 28.9 Å². The third-order valence-electron chi connectivity index (χ3n) is 5.65. The number of halogens is 1. The van der Waals surface area contributed by atoms with Crippen LogP contribution in [0, 0.1) is 0 Å². The number of aliphatic hydroxyl groups is 1. The van der Waals surface area contributed by atoms with Gasteiger partial charge in [-0.1, -0.05) is 31.5 Å². The average Bonchev–Trinajstić information content (AvgIpc) is 3.07. The number of unbranched alkanes of at least 4 members (excludes halogenated alkanes) is 1. The standard InChI is InChI=1S/C23H31ClN3O9P/c1-4-5-13-33-20(30)15(2)26-37(32,36-16-9-7-6-8-10-16)34-14-17-19(29)23(3,24)21(35-17)27-12-11-18(28)25-22(27)31/h6-12,15,17,19,21,29H,4-5,13-14H2,1-3H3,(H,26,32)(H,25,28,31)/t15-,17+,19+,21+,23+,37?/m0/s1. The summed E-state index contributed by atoms with van der Waals surface area (Å²) in [6.45, 7) is 4.59. The molecule has 1 unspecified atom stereocenters. The number of H-pyrrole nitrogens is 1. The van der Waals surface area contributed by atoms with Gasteiger partial charge in [-0.25, -0.2) is 9.36 Å².